The second-order valence-electron chi connectivity index (χ2n) is 8.86. The predicted octanol–water partition coefficient (Wildman–Crippen LogP) is 7.31. The Bertz CT molecular complexity index is 369. The Morgan fingerprint density at radius 3 is 1.22 bits per heavy atom. The first kappa shape index (κ1) is 17.3. The van der Waals surface area contributed by atoms with Gasteiger partial charge in [0.25, 0.3) is 0 Å². The molecule has 0 aromatic heterocycles. The van der Waals surface area contributed by atoms with Crippen molar-refractivity contribution in [2.45, 2.75) is 90.4 Å². The van der Waals surface area contributed by atoms with Gasteiger partial charge in [-0.1, -0.05) is 63.3 Å². The maximum atomic E-state index is 2.60. The molecule has 0 saturated heterocycles. The van der Waals surface area contributed by atoms with E-state index in [0.29, 0.717) is 0 Å². The number of rotatable bonds is 4. The van der Waals surface area contributed by atoms with Gasteiger partial charge < -0.3 is 0 Å². The molecule has 3 aliphatic carbocycles. The molecule has 0 atom stereocenters. The number of hydrogen-bond donors (Lipinski definition) is 0. The summed E-state index contributed by atoms with van der Waals surface area (Å²) in [5, 5.41) is 0. The van der Waals surface area contributed by atoms with E-state index in [1.165, 1.54) is 83.5 Å². The summed E-state index contributed by atoms with van der Waals surface area (Å²) in [6.45, 7) is 2.42. The summed E-state index contributed by atoms with van der Waals surface area (Å²) >= 11 is 0. The van der Waals surface area contributed by atoms with Crippen molar-refractivity contribution in [2.24, 2.45) is 29.6 Å². The van der Waals surface area contributed by atoms with Gasteiger partial charge in [0.15, 0.2) is 0 Å². The fraction of sp³-hybridized carbons (Fsp3) is 0.826. The van der Waals surface area contributed by atoms with Gasteiger partial charge in [-0.2, -0.15) is 0 Å². The van der Waals surface area contributed by atoms with Gasteiger partial charge in [-0.3, -0.25) is 0 Å². The molecule has 23 heavy (non-hydrogen) atoms. The molecule has 130 valence electrons. The summed E-state index contributed by atoms with van der Waals surface area (Å²) in [7, 11) is 0. The number of allylic oxidation sites excluding steroid dienone is 4. The van der Waals surface area contributed by atoms with E-state index >= 15 is 0 Å². The van der Waals surface area contributed by atoms with Gasteiger partial charge >= 0.3 is 0 Å². The predicted molar refractivity (Wildman–Crippen MR) is 101 cm³/mol. The van der Waals surface area contributed by atoms with Crippen molar-refractivity contribution in [1.82, 2.24) is 0 Å². The maximum absolute atomic E-state index is 2.60. The van der Waals surface area contributed by atoms with Crippen LogP contribution in [0.15, 0.2) is 24.3 Å². The van der Waals surface area contributed by atoms with Crippen molar-refractivity contribution in [3.05, 3.63) is 24.3 Å². The minimum atomic E-state index is 0.883. The first-order valence-electron chi connectivity index (χ1n) is 10.7. The summed E-state index contributed by atoms with van der Waals surface area (Å²) < 4.78 is 0. The van der Waals surface area contributed by atoms with Gasteiger partial charge in [0.05, 0.1) is 0 Å². The van der Waals surface area contributed by atoms with Crippen molar-refractivity contribution in [1.29, 1.82) is 0 Å². The molecule has 3 fully saturated rings. The van der Waals surface area contributed by atoms with E-state index in [0.717, 1.165) is 29.6 Å². The smallest absolute Gasteiger partial charge is 0.0233 e. The van der Waals surface area contributed by atoms with Gasteiger partial charge in [0, 0.05) is 0 Å². The van der Waals surface area contributed by atoms with Crippen LogP contribution in [0, 0.1) is 29.6 Å². The minimum Gasteiger partial charge on any atom is -0.0851 e. The lowest BCUT2D eigenvalue weighted by molar-refractivity contribution is 0.324. The Balaban J connectivity index is 1.35. The average molecular weight is 315 g/mol. The third-order valence-corrected chi connectivity index (χ3v) is 6.84. The van der Waals surface area contributed by atoms with Crippen LogP contribution in [0.25, 0.3) is 0 Å². The van der Waals surface area contributed by atoms with Crippen LogP contribution in [-0.2, 0) is 0 Å². The van der Waals surface area contributed by atoms with Crippen molar-refractivity contribution in [3.8, 4) is 0 Å². The van der Waals surface area contributed by atoms with Crippen LogP contribution in [0.4, 0.5) is 0 Å². The Morgan fingerprint density at radius 2 is 0.783 bits per heavy atom. The lowest BCUT2D eigenvalue weighted by Gasteiger charge is -2.27. The van der Waals surface area contributed by atoms with E-state index in [2.05, 4.69) is 31.2 Å². The van der Waals surface area contributed by atoms with E-state index in [-0.39, 0.29) is 0 Å². The molecule has 0 aromatic rings. The highest BCUT2D eigenvalue weighted by Gasteiger charge is 2.20. The molecule has 0 bridgehead atoms. The first-order valence-corrected chi connectivity index (χ1v) is 10.7. The van der Waals surface area contributed by atoms with Crippen LogP contribution in [0.1, 0.15) is 90.4 Å². The first-order chi connectivity index (χ1) is 11.3. The van der Waals surface area contributed by atoms with Crippen molar-refractivity contribution in [2.75, 3.05) is 0 Å². The zero-order chi connectivity index (χ0) is 15.9. The zero-order valence-corrected chi connectivity index (χ0v) is 15.4. The van der Waals surface area contributed by atoms with Crippen molar-refractivity contribution >= 4 is 0 Å². The van der Waals surface area contributed by atoms with E-state index in [1.807, 2.05) is 0 Å². The molecule has 0 aromatic carbocycles. The fourth-order valence-electron chi connectivity index (χ4n) is 4.96. The Morgan fingerprint density at radius 1 is 0.435 bits per heavy atom. The molecular formula is C23H38. The Hall–Kier alpha value is -0.520. The van der Waals surface area contributed by atoms with E-state index in [4.69, 9.17) is 0 Å². The fourth-order valence-corrected chi connectivity index (χ4v) is 4.96. The summed E-state index contributed by atoms with van der Waals surface area (Å²) in [5.41, 5.74) is 0. The molecule has 0 unspecified atom stereocenters. The quantitative estimate of drug-likeness (QED) is 0.477. The van der Waals surface area contributed by atoms with E-state index in [1.54, 1.807) is 0 Å². The third-order valence-electron chi connectivity index (χ3n) is 6.84. The average Bonchev–Trinajstić information content (AvgIpc) is 2.61. The van der Waals surface area contributed by atoms with E-state index in [9.17, 15) is 0 Å². The van der Waals surface area contributed by atoms with Crippen LogP contribution in [0.3, 0.4) is 0 Å². The maximum Gasteiger partial charge on any atom is -0.0233 e. The molecular weight excluding hydrogens is 276 g/mol. The van der Waals surface area contributed by atoms with E-state index < -0.39 is 0 Å². The molecule has 0 nitrogen and oxygen atoms in total. The van der Waals surface area contributed by atoms with Crippen LogP contribution in [0.5, 0.6) is 0 Å². The van der Waals surface area contributed by atoms with Crippen molar-refractivity contribution < 1.29 is 0 Å². The van der Waals surface area contributed by atoms with Gasteiger partial charge in [-0.15, -0.1) is 0 Å². The molecule has 0 radical (unpaired) electrons. The molecule has 3 aliphatic rings. The van der Waals surface area contributed by atoms with Crippen LogP contribution >= 0.6 is 0 Å². The summed E-state index contributed by atoms with van der Waals surface area (Å²) in [5.74, 6) is 4.56. The minimum absolute atomic E-state index is 0.883. The Labute approximate surface area is 144 Å². The largest absolute Gasteiger partial charge is 0.0851 e. The molecule has 0 spiro atoms. The van der Waals surface area contributed by atoms with Gasteiger partial charge in [0.1, 0.15) is 0 Å². The highest BCUT2D eigenvalue weighted by atomic mass is 14.3. The lowest BCUT2D eigenvalue weighted by atomic mass is 9.79. The molecule has 3 rings (SSSR count). The molecule has 0 N–H and O–H groups in total. The summed E-state index contributed by atoms with van der Waals surface area (Å²) in [6, 6.07) is 0. The molecule has 3 saturated carbocycles. The van der Waals surface area contributed by atoms with Gasteiger partial charge in [-0.25, -0.2) is 0 Å². The van der Waals surface area contributed by atoms with Crippen LogP contribution in [-0.4, -0.2) is 0 Å². The Kier molecular flexibility index (Phi) is 6.84. The molecule has 0 amide bonds. The highest BCUT2D eigenvalue weighted by Crippen LogP contribution is 2.34. The molecule has 0 heterocycles. The van der Waals surface area contributed by atoms with Crippen molar-refractivity contribution in [3.63, 3.8) is 0 Å². The zero-order valence-electron chi connectivity index (χ0n) is 15.4. The molecule has 0 aliphatic heterocycles. The topological polar surface area (TPSA) is 0 Å². The standard InChI is InChI=1S/C23H38/c1-19-7-9-21(10-8-19)13-14-23-17-15-22(16-18-23)12-11-20-5-3-2-4-6-20/h11-14,19-23H,2-10,15-18H2,1H3/b12-11+,14-13+. The lowest BCUT2D eigenvalue weighted by Crippen LogP contribution is -2.13. The second kappa shape index (κ2) is 9.09. The number of hydrogen-bond acceptors (Lipinski definition) is 0. The van der Waals surface area contributed by atoms with Gasteiger partial charge in [0.2, 0.25) is 0 Å². The normalized spacial score (nSPS) is 37.6. The SMILES string of the molecule is CC1CCC(/C=C/C2CCC(/C=C/C3CCCCC3)CC2)CC1. The highest BCUT2D eigenvalue weighted by molar-refractivity contribution is 5.00. The van der Waals surface area contributed by atoms with Crippen LogP contribution in [0.2, 0.25) is 0 Å². The summed E-state index contributed by atoms with van der Waals surface area (Å²) in [6.07, 6.45) is 29.2. The van der Waals surface area contributed by atoms with Crippen LogP contribution < -0.4 is 0 Å². The second-order valence-corrected chi connectivity index (χ2v) is 8.86. The van der Waals surface area contributed by atoms with Gasteiger partial charge in [-0.05, 0) is 81.0 Å². The molecule has 0 heteroatoms. The third kappa shape index (κ3) is 5.80. The monoisotopic (exact) mass is 314 g/mol. The summed E-state index contributed by atoms with van der Waals surface area (Å²) in [4.78, 5) is 0.